The average molecular weight is 329 g/mol. The Hall–Kier alpha value is -0.120. The third-order valence-electron chi connectivity index (χ3n) is 5.12. The van der Waals surface area contributed by atoms with Crippen LogP contribution < -0.4 is 5.73 Å². The molecule has 0 spiro atoms. The van der Waals surface area contributed by atoms with Gasteiger partial charge in [-0.2, -0.15) is 0 Å². The Balaban J connectivity index is 4.70. The minimum Gasteiger partial charge on any atom is -0.326 e. The van der Waals surface area contributed by atoms with Crippen molar-refractivity contribution in [3.8, 4) is 0 Å². The summed E-state index contributed by atoms with van der Waals surface area (Å²) >= 11 is 0. The summed E-state index contributed by atoms with van der Waals surface area (Å²) in [6, 6.07) is 0. The zero-order valence-corrected chi connectivity index (χ0v) is 16.8. The van der Waals surface area contributed by atoms with E-state index in [1.807, 2.05) is 0 Å². The minimum atomic E-state index is 0.831. The molecule has 0 aliphatic carbocycles. The van der Waals surface area contributed by atoms with Gasteiger partial charge < -0.3 is 10.2 Å². The van der Waals surface area contributed by atoms with Crippen LogP contribution in [0.5, 0.6) is 0 Å². The third kappa shape index (κ3) is 11.1. The van der Waals surface area contributed by atoms with E-state index in [1.54, 1.807) is 0 Å². The van der Waals surface area contributed by atoms with Gasteiger partial charge in [0.1, 0.15) is 0 Å². The topological polar surface area (TPSA) is 29.3 Å². The SMILES string of the molecule is CCCCN(CCCC)CC[N+](CCN)(CCCC)CCCC. The molecule has 0 aliphatic heterocycles. The van der Waals surface area contributed by atoms with Crippen molar-refractivity contribution >= 4 is 0 Å². The summed E-state index contributed by atoms with van der Waals surface area (Å²) in [5.41, 5.74) is 6.00. The van der Waals surface area contributed by atoms with Crippen molar-refractivity contribution in [2.45, 2.75) is 79.1 Å². The molecule has 0 aromatic rings. The molecule has 0 aliphatic rings. The number of quaternary nitrogens is 1. The molecular weight excluding hydrogens is 282 g/mol. The van der Waals surface area contributed by atoms with Crippen molar-refractivity contribution in [1.82, 2.24) is 4.90 Å². The normalized spacial score (nSPS) is 12.3. The van der Waals surface area contributed by atoms with Crippen molar-refractivity contribution < 1.29 is 4.48 Å². The Morgan fingerprint density at radius 2 is 1.09 bits per heavy atom. The molecule has 0 aromatic carbocycles. The number of nitrogens with two attached hydrogens (primary N) is 1. The first kappa shape index (κ1) is 22.9. The van der Waals surface area contributed by atoms with Crippen molar-refractivity contribution in [3.63, 3.8) is 0 Å². The second-order valence-corrected chi connectivity index (χ2v) is 7.28. The van der Waals surface area contributed by atoms with Gasteiger partial charge in [-0.15, -0.1) is 0 Å². The quantitative estimate of drug-likeness (QED) is 0.404. The average Bonchev–Trinajstić information content (AvgIpc) is 2.57. The van der Waals surface area contributed by atoms with Crippen molar-refractivity contribution in [3.05, 3.63) is 0 Å². The molecule has 0 bridgehead atoms. The van der Waals surface area contributed by atoms with E-state index >= 15 is 0 Å². The van der Waals surface area contributed by atoms with Crippen LogP contribution in [0.1, 0.15) is 79.1 Å². The lowest BCUT2D eigenvalue weighted by Gasteiger charge is -2.40. The van der Waals surface area contributed by atoms with E-state index in [9.17, 15) is 0 Å². The Kier molecular flexibility index (Phi) is 15.3. The molecule has 0 aromatic heterocycles. The molecule has 0 radical (unpaired) electrons. The summed E-state index contributed by atoms with van der Waals surface area (Å²) in [4.78, 5) is 2.72. The van der Waals surface area contributed by atoms with Gasteiger partial charge in [0, 0.05) is 13.1 Å². The van der Waals surface area contributed by atoms with Gasteiger partial charge in [0.05, 0.1) is 26.2 Å². The summed E-state index contributed by atoms with van der Waals surface area (Å²) in [6.45, 7) is 19.0. The zero-order chi connectivity index (χ0) is 17.4. The Morgan fingerprint density at radius 3 is 1.48 bits per heavy atom. The highest BCUT2D eigenvalue weighted by Crippen LogP contribution is 2.13. The maximum absolute atomic E-state index is 6.00. The van der Waals surface area contributed by atoms with E-state index in [4.69, 9.17) is 5.73 Å². The smallest absolute Gasteiger partial charge is 0.0916 e. The van der Waals surface area contributed by atoms with Crippen LogP contribution in [0.3, 0.4) is 0 Å². The molecule has 0 heterocycles. The van der Waals surface area contributed by atoms with Crippen molar-refractivity contribution in [2.24, 2.45) is 5.73 Å². The van der Waals surface area contributed by atoms with Crippen LogP contribution >= 0.6 is 0 Å². The first-order valence-corrected chi connectivity index (χ1v) is 10.5. The highest BCUT2D eigenvalue weighted by molar-refractivity contribution is 4.59. The predicted octanol–water partition coefficient (Wildman–Crippen LogP) is 4.26. The van der Waals surface area contributed by atoms with Crippen LogP contribution in [0.15, 0.2) is 0 Å². The lowest BCUT2D eigenvalue weighted by atomic mass is 10.2. The van der Waals surface area contributed by atoms with E-state index in [0.29, 0.717) is 0 Å². The highest BCUT2D eigenvalue weighted by atomic mass is 15.4. The largest absolute Gasteiger partial charge is 0.326 e. The molecule has 2 N–H and O–H groups in total. The van der Waals surface area contributed by atoms with E-state index in [2.05, 4.69) is 32.6 Å². The van der Waals surface area contributed by atoms with Crippen LogP contribution in [0.2, 0.25) is 0 Å². The van der Waals surface area contributed by atoms with Crippen LogP contribution in [0.25, 0.3) is 0 Å². The van der Waals surface area contributed by atoms with Crippen molar-refractivity contribution in [1.29, 1.82) is 0 Å². The first-order valence-electron chi connectivity index (χ1n) is 10.5. The van der Waals surface area contributed by atoms with E-state index in [0.717, 1.165) is 13.1 Å². The summed E-state index contributed by atoms with van der Waals surface area (Å²) in [6.07, 6.45) is 10.6. The summed E-state index contributed by atoms with van der Waals surface area (Å²) in [5.74, 6) is 0. The van der Waals surface area contributed by atoms with Gasteiger partial charge in [-0.1, -0.05) is 53.4 Å². The van der Waals surface area contributed by atoms with E-state index in [1.165, 1.54) is 95.1 Å². The summed E-state index contributed by atoms with van der Waals surface area (Å²) in [7, 11) is 0. The molecule has 23 heavy (non-hydrogen) atoms. The first-order chi connectivity index (χ1) is 11.2. The molecule has 3 nitrogen and oxygen atoms in total. The van der Waals surface area contributed by atoms with Crippen molar-refractivity contribution in [2.75, 3.05) is 52.4 Å². The number of hydrogen-bond acceptors (Lipinski definition) is 2. The molecule has 0 saturated carbocycles. The maximum atomic E-state index is 6.00. The van der Waals surface area contributed by atoms with E-state index in [-0.39, 0.29) is 0 Å². The Morgan fingerprint density at radius 1 is 0.609 bits per heavy atom. The molecular formula is C20H46N3+. The van der Waals surface area contributed by atoms with Gasteiger partial charge in [-0.3, -0.25) is 4.90 Å². The van der Waals surface area contributed by atoms with Gasteiger partial charge in [0.25, 0.3) is 0 Å². The number of hydrogen-bond donors (Lipinski definition) is 1. The standard InChI is InChI=1S/C20H46N3/c1-5-9-14-22(15-10-6-2)16-20-23(19-13-21,17-11-7-3)18-12-8-4/h5-21H2,1-4H3/q+1. The van der Waals surface area contributed by atoms with Crippen LogP contribution in [-0.4, -0.2) is 61.7 Å². The number of rotatable bonds is 17. The molecule has 0 rings (SSSR count). The fraction of sp³-hybridized carbons (Fsp3) is 1.00. The molecule has 3 heteroatoms. The summed E-state index contributed by atoms with van der Waals surface area (Å²) in [5, 5.41) is 0. The second-order valence-electron chi connectivity index (χ2n) is 7.28. The molecule has 0 fully saturated rings. The fourth-order valence-electron chi connectivity index (χ4n) is 3.38. The maximum Gasteiger partial charge on any atom is 0.0916 e. The minimum absolute atomic E-state index is 0.831. The van der Waals surface area contributed by atoms with E-state index < -0.39 is 0 Å². The highest BCUT2D eigenvalue weighted by Gasteiger charge is 2.26. The van der Waals surface area contributed by atoms with Gasteiger partial charge >= 0.3 is 0 Å². The second kappa shape index (κ2) is 15.4. The number of nitrogens with zero attached hydrogens (tertiary/aromatic N) is 2. The third-order valence-corrected chi connectivity index (χ3v) is 5.12. The predicted molar refractivity (Wildman–Crippen MR) is 105 cm³/mol. The molecule has 140 valence electrons. The molecule has 0 saturated heterocycles. The van der Waals surface area contributed by atoms with Crippen LogP contribution in [-0.2, 0) is 0 Å². The Labute approximate surface area is 147 Å². The van der Waals surface area contributed by atoms with Gasteiger partial charge in [-0.25, -0.2) is 0 Å². The lowest BCUT2D eigenvalue weighted by Crippen LogP contribution is -2.55. The fourth-order valence-corrected chi connectivity index (χ4v) is 3.38. The molecule has 0 amide bonds. The molecule has 0 unspecified atom stereocenters. The van der Waals surface area contributed by atoms with Gasteiger partial charge in [0.2, 0.25) is 0 Å². The van der Waals surface area contributed by atoms with Gasteiger partial charge in [0.15, 0.2) is 0 Å². The zero-order valence-electron chi connectivity index (χ0n) is 16.8. The monoisotopic (exact) mass is 328 g/mol. The number of unbranched alkanes of at least 4 members (excludes halogenated alkanes) is 4. The van der Waals surface area contributed by atoms with Gasteiger partial charge in [-0.05, 0) is 38.8 Å². The summed E-state index contributed by atoms with van der Waals surface area (Å²) < 4.78 is 1.26. The van der Waals surface area contributed by atoms with Crippen LogP contribution in [0, 0.1) is 0 Å². The lowest BCUT2D eigenvalue weighted by molar-refractivity contribution is -0.926. The Bertz CT molecular complexity index is 227. The molecule has 0 atom stereocenters. The van der Waals surface area contributed by atoms with Crippen LogP contribution in [0.4, 0.5) is 0 Å².